The van der Waals surface area contributed by atoms with Crippen molar-refractivity contribution >= 4 is 17.6 Å². The number of rotatable bonds is 2. The zero-order chi connectivity index (χ0) is 16.5. The van der Waals surface area contributed by atoms with Crippen molar-refractivity contribution in [2.45, 2.75) is 19.0 Å². The van der Waals surface area contributed by atoms with Gasteiger partial charge in [-0.1, -0.05) is 30.3 Å². The highest BCUT2D eigenvalue weighted by molar-refractivity contribution is 6.01. The molecular weight excluding hydrogens is 306 g/mol. The Labute approximate surface area is 140 Å². The maximum atomic E-state index is 12.5. The maximum absolute atomic E-state index is 12.5. The molecule has 2 fully saturated rings. The number of benzene rings is 1. The molecule has 7 heteroatoms. The first-order chi connectivity index (χ1) is 11.7. The molecule has 3 aliphatic rings. The van der Waals surface area contributed by atoms with Crippen LogP contribution < -0.4 is 16.2 Å². The van der Waals surface area contributed by atoms with Gasteiger partial charge in [0.15, 0.2) is 5.78 Å². The number of nitrogens with zero attached hydrogens (tertiary/aromatic N) is 2. The lowest BCUT2D eigenvalue weighted by atomic mass is 9.89. The van der Waals surface area contributed by atoms with Gasteiger partial charge in [0.1, 0.15) is 6.17 Å². The van der Waals surface area contributed by atoms with Crippen LogP contribution in [0.25, 0.3) is 0 Å². The molecule has 4 rings (SSSR count). The molecule has 126 valence electrons. The fourth-order valence-electron chi connectivity index (χ4n) is 3.56. The number of guanidine groups is 1. The predicted octanol–water partition coefficient (Wildman–Crippen LogP) is 0.117. The van der Waals surface area contributed by atoms with E-state index in [4.69, 9.17) is 0 Å². The molecular formula is C17H21N5O2. The molecule has 1 amide bonds. The largest absolute Gasteiger partial charge is 0.343 e. The minimum atomic E-state index is -0.197. The van der Waals surface area contributed by atoms with Crippen LogP contribution >= 0.6 is 0 Å². The quantitative estimate of drug-likeness (QED) is 0.672. The third kappa shape index (κ3) is 2.81. The standard InChI is InChI=1S/C17H21N5O2/c23-14(11-4-2-1-3-5-11)12-6-8-22(9-7-12)17-19-15-13(10-18-21-15)16(24)20-17/h1-5,12-13,15,18,21H,6-10H2,(H,19,20,24). The molecule has 7 nitrogen and oxygen atoms in total. The molecule has 0 saturated carbocycles. The number of amides is 1. The summed E-state index contributed by atoms with van der Waals surface area (Å²) < 4.78 is 0. The summed E-state index contributed by atoms with van der Waals surface area (Å²) in [5.41, 5.74) is 6.79. The number of fused-ring (bicyclic) bond motifs is 1. The Hall–Kier alpha value is -2.25. The zero-order valence-corrected chi connectivity index (χ0v) is 13.4. The highest BCUT2D eigenvalue weighted by atomic mass is 16.2. The summed E-state index contributed by atoms with van der Waals surface area (Å²) in [5, 5.41) is 2.91. The summed E-state index contributed by atoms with van der Waals surface area (Å²) in [6, 6.07) is 9.46. The van der Waals surface area contributed by atoms with Gasteiger partial charge in [0.2, 0.25) is 11.9 Å². The first kappa shape index (κ1) is 15.3. The van der Waals surface area contributed by atoms with Crippen molar-refractivity contribution in [3.8, 4) is 0 Å². The SMILES string of the molecule is O=C(c1ccccc1)C1CCN(C2=NC3NNCC3C(=O)N2)CC1. The fourth-order valence-corrected chi connectivity index (χ4v) is 3.56. The predicted molar refractivity (Wildman–Crippen MR) is 89.1 cm³/mol. The van der Waals surface area contributed by atoms with Crippen LogP contribution in [-0.2, 0) is 4.79 Å². The molecule has 0 bridgehead atoms. The highest BCUT2D eigenvalue weighted by Gasteiger charge is 2.38. The summed E-state index contributed by atoms with van der Waals surface area (Å²) in [5.74, 6) is 0.744. The number of hydrogen-bond acceptors (Lipinski definition) is 6. The van der Waals surface area contributed by atoms with E-state index in [1.807, 2.05) is 30.3 Å². The second-order valence-electron chi connectivity index (χ2n) is 6.51. The van der Waals surface area contributed by atoms with Gasteiger partial charge >= 0.3 is 0 Å². The molecule has 0 aliphatic carbocycles. The number of carbonyl (C=O) groups is 2. The smallest absolute Gasteiger partial charge is 0.234 e. The summed E-state index contributed by atoms with van der Waals surface area (Å²) in [7, 11) is 0. The van der Waals surface area contributed by atoms with E-state index >= 15 is 0 Å². The number of carbonyl (C=O) groups excluding carboxylic acids is 2. The van der Waals surface area contributed by atoms with Crippen molar-refractivity contribution in [1.82, 2.24) is 21.1 Å². The number of ketones is 1. The van der Waals surface area contributed by atoms with Crippen molar-refractivity contribution in [2.24, 2.45) is 16.8 Å². The van der Waals surface area contributed by atoms with Crippen molar-refractivity contribution in [2.75, 3.05) is 19.6 Å². The molecule has 0 radical (unpaired) electrons. The molecule has 2 atom stereocenters. The van der Waals surface area contributed by atoms with Crippen molar-refractivity contribution < 1.29 is 9.59 Å². The molecule has 2 unspecified atom stereocenters. The van der Waals surface area contributed by atoms with E-state index in [9.17, 15) is 9.59 Å². The van der Waals surface area contributed by atoms with Gasteiger partial charge in [0.05, 0.1) is 5.92 Å². The molecule has 3 N–H and O–H groups in total. The van der Waals surface area contributed by atoms with E-state index < -0.39 is 0 Å². The number of piperidine rings is 1. The fraction of sp³-hybridized carbons (Fsp3) is 0.471. The van der Waals surface area contributed by atoms with Crippen LogP contribution in [0.2, 0.25) is 0 Å². The average molecular weight is 327 g/mol. The Morgan fingerprint density at radius 1 is 1.17 bits per heavy atom. The monoisotopic (exact) mass is 327 g/mol. The van der Waals surface area contributed by atoms with E-state index in [-0.39, 0.29) is 29.7 Å². The van der Waals surface area contributed by atoms with Crippen molar-refractivity contribution in [3.63, 3.8) is 0 Å². The summed E-state index contributed by atoms with van der Waals surface area (Å²) >= 11 is 0. The van der Waals surface area contributed by atoms with Gasteiger partial charge in [-0.15, -0.1) is 0 Å². The van der Waals surface area contributed by atoms with Crippen LogP contribution in [0.5, 0.6) is 0 Å². The molecule has 0 aromatic heterocycles. The number of nitrogens with one attached hydrogen (secondary N) is 3. The lowest BCUT2D eigenvalue weighted by Gasteiger charge is -2.36. The van der Waals surface area contributed by atoms with Crippen LogP contribution in [-0.4, -0.2) is 48.3 Å². The van der Waals surface area contributed by atoms with E-state index in [1.165, 1.54) is 0 Å². The summed E-state index contributed by atoms with van der Waals surface area (Å²) in [6.07, 6.45) is 1.36. The van der Waals surface area contributed by atoms with Gasteiger partial charge in [-0.3, -0.25) is 20.3 Å². The molecule has 3 heterocycles. The maximum Gasteiger partial charge on any atom is 0.234 e. The Bertz CT molecular complexity index is 667. The first-order valence-electron chi connectivity index (χ1n) is 8.43. The third-order valence-electron chi connectivity index (χ3n) is 5.01. The second kappa shape index (κ2) is 6.33. The number of aliphatic imine (C=N–C) groups is 1. The van der Waals surface area contributed by atoms with Crippen LogP contribution in [0.4, 0.5) is 0 Å². The summed E-state index contributed by atoms with van der Waals surface area (Å²) in [6.45, 7) is 2.06. The normalized spacial score (nSPS) is 27.4. The number of hydrazine groups is 1. The lowest BCUT2D eigenvalue weighted by Crippen LogP contribution is -2.55. The minimum absolute atomic E-state index is 0.00462. The lowest BCUT2D eigenvalue weighted by molar-refractivity contribution is -0.124. The molecule has 0 spiro atoms. The van der Waals surface area contributed by atoms with E-state index in [2.05, 4.69) is 26.1 Å². The average Bonchev–Trinajstić information content (AvgIpc) is 3.11. The Balaban J connectivity index is 1.40. The number of Topliss-reactive ketones (excluding diaryl/α,β-unsaturated/α-hetero) is 1. The number of hydrogen-bond donors (Lipinski definition) is 3. The van der Waals surface area contributed by atoms with Gasteiger partial charge < -0.3 is 4.90 Å². The Kier molecular flexibility index (Phi) is 4.03. The molecule has 24 heavy (non-hydrogen) atoms. The first-order valence-corrected chi connectivity index (χ1v) is 8.43. The number of likely N-dealkylation sites (tertiary alicyclic amines) is 1. The van der Waals surface area contributed by atoms with Crippen molar-refractivity contribution in [3.05, 3.63) is 35.9 Å². The Morgan fingerprint density at radius 2 is 1.92 bits per heavy atom. The van der Waals surface area contributed by atoms with Gasteiger partial charge in [-0.25, -0.2) is 10.4 Å². The van der Waals surface area contributed by atoms with Crippen molar-refractivity contribution in [1.29, 1.82) is 0 Å². The topological polar surface area (TPSA) is 85.8 Å². The van der Waals surface area contributed by atoms with E-state index in [0.29, 0.717) is 12.5 Å². The molecule has 2 saturated heterocycles. The molecule has 3 aliphatic heterocycles. The molecule has 1 aromatic carbocycles. The van der Waals surface area contributed by atoms with Crippen LogP contribution in [0.15, 0.2) is 35.3 Å². The van der Waals surface area contributed by atoms with Crippen LogP contribution in [0, 0.1) is 11.8 Å². The zero-order valence-electron chi connectivity index (χ0n) is 13.4. The second-order valence-corrected chi connectivity index (χ2v) is 6.51. The Morgan fingerprint density at radius 3 is 2.67 bits per heavy atom. The molecule has 1 aromatic rings. The van der Waals surface area contributed by atoms with Crippen LogP contribution in [0.3, 0.4) is 0 Å². The highest BCUT2D eigenvalue weighted by Crippen LogP contribution is 2.23. The van der Waals surface area contributed by atoms with Gasteiger partial charge in [0.25, 0.3) is 0 Å². The summed E-state index contributed by atoms with van der Waals surface area (Å²) in [4.78, 5) is 31.4. The third-order valence-corrected chi connectivity index (χ3v) is 5.01. The minimum Gasteiger partial charge on any atom is -0.343 e. The van der Waals surface area contributed by atoms with Gasteiger partial charge in [0, 0.05) is 31.1 Å². The van der Waals surface area contributed by atoms with Crippen LogP contribution in [0.1, 0.15) is 23.2 Å². The van der Waals surface area contributed by atoms with E-state index in [0.717, 1.165) is 31.5 Å². The van der Waals surface area contributed by atoms with Gasteiger partial charge in [-0.05, 0) is 12.8 Å². The van der Waals surface area contributed by atoms with Gasteiger partial charge in [-0.2, -0.15) is 0 Å². The van der Waals surface area contributed by atoms with E-state index in [1.54, 1.807) is 0 Å².